The van der Waals surface area contributed by atoms with Crippen LogP contribution in [0.2, 0.25) is 0 Å². The number of alkyl halides is 7. The Labute approximate surface area is 145 Å². The fourth-order valence-corrected chi connectivity index (χ4v) is 3.35. The molecule has 0 spiro atoms. The van der Waals surface area contributed by atoms with Crippen LogP contribution in [-0.2, 0) is 5.41 Å². The molecule has 1 atom stereocenters. The summed E-state index contributed by atoms with van der Waals surface area (Å²) < 4.78 is 107. The van der Waals surface area contributed by atoms with E-state index in [4.69, 9.17) is 0 Å². The molecule has 1 aliphatic carbocycles. The van der Waals surface area contributed by atoms with Crippen LogP contribution in [0.4, 0.5) is 35.1 Å². The molecule has 0 aliphatic heterocycles. The zero-order valence-electron chi connectivity index (χ0n) is 13.9. The van der Waals surface area contributed by atoms with Crippen molar-refractivity contribution in [3.8, 4) is 0 Å². The van der Waals surface area contributed by atoms with Gasteiger partial charge in [-0.3, -0.25) is 0 Å². The Morgan fingerprint density at radius 2 is 1.50 bits per heavy atom. The van der Waals surface area contributed by atoms with Crippen molar-refractivity contribution in [1.29, 1.82) is 0 Å². The van der Waals surface area contributed by atoms with E-state index in [9.17, 15) is 35.1 Å². The van der Waals surface area contributed by atoms with Crippen LogP contribution >= 0.6 is 0 Å². The van der Waals surface area contributed by atoms with E-state index in [1.165, 1.54) is 32.0 Å². The van der Waals surface area contributed by atoms with Gasteiger partial charge in [0.15, 0.2) is 0 Å². The quantitative estimate of drug-likeness (QED) is 0.516. The van der Waals surface area contributed by atoms with E-state index in [0.29, 0.717) is 12.2 Å². The molecule has 1 aromatic carbocycles. The van der Waals surface area contributed by atoms with Crippen LogP contribution in [0, 0.1) is 5.82 Å². The second-order valence-corrected chi connectivity index (χ2v) is 6.41. The van der Waals surface area contributed by atoms with Crippen LogP contribution in [0.5, 0.6) is 0 Å². The summed E-state index contributed by atoms with van der Waals surface area (Å²) in [5.74, 6) is -0.775. The minimum Gasteiger partial charge on any atom is -0.218 e. The molecule has 0 aromatic heterocycles. The highest BCUT2D eigenvalue weighted by atomic mass is 19.4. The van der Waals surface area contributed by atoms with E-state index in [1.807, 2.05) is 0 Å². The molecule has 8 heteroatoms. The van der Waals surface area contributed by atoms with Gasteiger partial charge in [0.25, 0.3) is 0 Å². The third kappa shape index (κ3) is 3.14. The van der Waals surface area contributed by atoms with E-state index < -0.39 is 34.8 Å². The standard InChI is InChI=1S/C18H16F8/c1-3-15(13-6-4-5-7-14(13)19)9-11(2)8-12(10-15)16(20,17(21,22)23)18(24,25)26/h4-8,10H,3,9H2,1-2H3. The number of halogens is 8. The van der Waals surface area contributed by atoms with Crippen LogP contribution in [-0.4, -0.2) is 18.0 Å². The van der Waals surface area contributed by atoms with Crippen molar-refractivity contribution in [3.63, 3.8) is 0 Å². The Balaban J connectivity index is 2.77. The maximum atomic E-state index is 14.5. The van der Waals surface area contributed by atoms with Crippen LogP contribution in [0.25, 0.3) is 0 Å². The Morgan fingerprint density at radius 1 is 0.962 bits per heavy atom. The van der Waals surface area contributed by atoms with Crippen LogP contribution in [0.1, 0.15) is 32.3 Å². The topological polar surface area (TPSA) is 0 Å². The SMILES string of the molecule is CCC1(c2ccccc2F)C=C(C(F)(C(F)(F)F)C(F)(F)F)C=C(C)C1. The van der Waals surface area contributed by atoms with E-state index in [1.54, 1.807) is 0 Å². The molecule has 144 valence electrons. The first kappa shape index (κ1) is 20.5. The summed E-state index contributed by atoms with van der Waals surface area (Å²) in [5, 5.41) is 0. The third-order valence-electron chi connectivity index (χ3n) is 4.65. The van der Waals surface area contributed by atoms with Crippen LogP contribution < -0.4 is 0 Å². The summed E-state index contributed by atoms with van der Waals surface area (Å²) in [6, 6.07) is 5.12. The Hall–Kier alpha value is -1.86. The molecule has 0 N–H and O–H groups in total. The number of benzene rings is 1. The van der Waals surface area contributed by atoms with Crippen LogP contribution in [0.15, 0.2) is 47.6 Å². The Bertz CT molecular complexity index is 724. The monoisotopic (exact) mass is 384 g/mol. The molecule has 0 nitrogen and oxygen atoms in total. The van der Waals surface area contributed by atoms with E-state index >= 15 is 0 Å². The Kier molecular flexibility index (Phi) is 5.02. The summed E-state index contributed by atoms with van der Waals surface area (Å²) in [6.07, 6.45) is -11.3. The normalized spacial score (nSPS) is 22.1. The molecule has 1 unspecified atom stereocenters. The maximum Gasteiger partial charge on any atom is 0.435 e. The average Bonchev–Trinajstić information content (AvgIpc) is 2.51. The van der Waals surface area contributed by atoms with Crippen molar-refractivity contribution in [1.82, 2.24) is 0 Å². The molecule has 0 saturated heterocycles. The zero-order chi connectivity index (χ0) is 20.0. The third-order valence-corrected chi connectivity index (χ3v) is 4.65. The van der Waals surface area contributed by atoms with Crippen molar-refractivity contribution in [2.75, 3.05) is 0 Å². The molecule has 0 saturated carbocycles. The molecule has 0 bridgehead atoms. The molecule has 0 amide bonds. The van der Waals surface area contributed by atoms with Crippen molar-refractivity contribution in [2.24, 2.45) is 0 Å². The van der Waals surface area contributed by atoms with Crippen molar-refractivity contribution in [3.05, 3.63) is 58.9 Å². The van der Waals surface area contributed by atoms with Gasteiger partial charge in [-0.2, -0.15) is 26.3 Å². The summed E-state index contributed by atoms with van der Waals surface area (Å²) in [4.78, 5) is 0. The molecular formula is C18H16F8. The van der Waals surface area contributed by atoms with Gasteiger partial charge >= 0.3 is 18.0 Å². The lowest BCUT2D eigenvalue weighted by Gasteiger charge is -2.39. The molecule has 2 rings (SSSR count). The van der Waals surface area contributed by atoms with E-state index in [0.717, 1.165) is 6.07 Å². The van der Waals surface area contributed by atoms with Gasteiger partial charge in [0.1, 0.15) is 5.82 Å². The maximum absolute atomic E-state index is 14.5. The first-order valence-corrected chi connectivity index (χ1v) is 7.76. The van der Waals surface area contributed by atoms with Gasteiger partial charge in [0, 0.05) is 11.0 Å². The van der Waals surface area contributed by atoms with Gasteiger partial charge in [0.2, 0.25) is 0 Å². The second-order valence-electron chi connectivity index (χ2n) is 6.41. The van der Waals surface area contributed by atoms with Gasteiger partial charge < -0.3 is 0 Å². The van der Waals surface area contributed by atoms with Gasteiger partial charge in [-0.15, -0.1) is 0 Å². The number of hydrogen-bond acceptors (Lipinski definition) is 0. The second kappa shape index (κ2) is 6.39. The molecule has 1 aromatic rings. The summed E-state index contributed by atoms with van der Waals surface area (Å²) in [7, 11) is 0. The minimum absolute atomic E-state index is 0.00555. The first-order chi connectivity index (χ1) is 11.8. The van der Waals surface area contributed by atoms with E-state index in [-0.39, 0.29) is 24.0 Å². The fourth-order valence-electron chi connectivity index (χ4n) is 3.35. The molecule has 0 radical (unpaired) electrons. The van der Waals surface area contributed by atoms with Gasteiger partial charge in [-0.05, 0) is 31.4 Å². The van der Waals surface area contributed by atoms with Gasteiger partial charge in [0.05, 0.1) is 0 Å². The predicted octanol–water partition coefficient (Wildman–Crippen LogP) is 6.58. The van der Waals surface area contributed by atoms with Crippen LogP contribution in [0.3, 0.4) is 0 Å². The lowest BCUT2D eigenvalue weighted by Crippen LogP contribution is -2.55. The molecule has 0 fully saturated rings. The summed E-state index contributed by atoms with van der Waals surface area (Å²) >= 11 is 0. The van der Waals surface area contributed by atoms with Crippen molar-refractivity contribution < 1.29 is 35.1 Å². The Morgan fingerprint density at radius 3 is 1.96 bits per heavy atom. The van der Waals surface area contributed by atoms with Gasteiger partial charge in [-0.1, -0.05) is 42.8 Å². The highest BCUT2D eigenvalue weighted by molar-refractivity contribution is 5.47. The van der Waals surface area contributed by atoms with Crippen molar-refractivity contribution in [2.45, 2.75) is 50.1 Å². The predicted molar refractivity (Wildman–Crippen MR) is 80.8 cm³/mol. The first-order valence-electron chi connectivity index (χ1n) is 7.76. The largest absolute Gasteiger partial charge is 0.435 e. The van der Waals surface area contributed by atoms with Crippen molar-refractivity contribution >= 4 is 0 Å². The molecule has 26 heavy (non-hydrogen) atoms. The zero-order valence-corrected chi connectivity index (χ0v) is 13.9. The highest BCUT2D eigenvalue weighted by Gasteiger charge is 2.74. The average molecular weight is 384 g/mol. The number of hydrogen-bond donors (Lipinski definition) is 0. The summed E-state index contributed by atoms with van der Waals surface area (Å²) in [6.45, 7) is 2.80. The molecule has 0 heterocycles. The lowest BCUT2D eigenvalue weighted by molar-refractivity contribution is -0.325. The summed E-state index contributed by atoms with van der Waals surface area (Å²) in [5.41, 5.74) is -8.57. The molecule has 1 aliphatic rings. The van der Waals surface area contributed by atoms with Gasteiger partial charge in [-0.25, -0.2) is 8.78 Å². The minimum atomic E-state index is -6.21. The van der Waals surface area contributed by atoms with E-state index in [2.05, 4.69) is 0 Å². The molecular weight excluding hydrogens is 368 g/mol. The number of rotatable bonds is 3. The fraction of sp³-hybridized carbons (Fsp3) is 0.444. The lowest BCUT2D eigenvalue weighted by atomic mass is 9.68. The number of allylic oxidation sites excluding steroid dienone is 4. The highest BCUT2D eigenvalue weighted by Crippen LogP contribution is 2.54. The smallest absolute Gasteiger partial charge is 0.218 e.